The summed E-state index contributed by atoms with van der Waals surface area (Å²) in [5, 5.41) is 11.8. The molecule has 0 spiro atoms. The lowest BCUT2D eigenvalue weighted by Crippen LogP contribution is -2.02. The summed E-state index contributed by atoms with van der Waals surface area (Å²) >= 11 is 9.52. The third-order valence-electron chi connectivity index (χ3n) is 2.84. The van der Waals surface area contributed by atoms with Crippen LogP contribution in [0, 0.1) is 5.82 Å². The number of hydrogen-bond donors (Lipinski definition) is 1. The van der Waals surface area contributed by atoms with Crippen molar-refractivity contribution in [1.82, 2.24) is 20.2 Å². The van der Waals surface area contributed by atoms with Gasteiger partial charge in [0.15, 0.2) is 5.82 Å². The third kappa shape index (κ3) is 2.62. The number of halogens is 3. The lowest BCUT2D eigenvalue weighted by Gasteiger charge is -2.08. The largest absolute Gasteiger partial charge is 0.399 e. The summed E-state index contributed by atoms with van der Waals surface area (Å²) in [5.74, 6) is -0.244. The van der Waals surface area contributed by atoms with Crippen LogP contribution in [-0.2, 0) is 0 Å². The minimum Gasteiger partial charge on any atom is -0.399 e. The predicted molar refractivity (Wildman–Crippen MR) is 81.7 cm³/mol. The molecule has 2 N–H and O–H groups in total. The summed E-state index contributed by atoms with van der Waals surface area (Å²) in [6, 6.07) is 9.44. The molecule has 0 bridgehead atoms. The van der Waals surface area contributed by atoms with Crippen molar-refractivity contribution in [3.63, 3.8) is 0 Å². The van der Waals surface area contributed by atoms with Gasteiger partial charge in [-0.05, 0) is 46.8 Å². The molecule has 106 valence electrons. The maximum Gasteiger partial charge on any atom is 0.190 e. The van der Waals surface area contributed by atoms with E-state index < -0.39 is 5.82 Å². The zero-order valence-corrected chi connectivity index (χ0v) is 12.8. The second-order valence-corrected chi connectivity index (χ2v) is 5.57. The molecule has 1 heterocycles. The first-order valence-electron chi connectivity index (χ1n) is 5.85. The zero-order valence-electron chi connectivity index (χ0n) is 10.5. The molecular formula is C13H8BrClFN5. The van der Waals surface area contributed by atoms with Crippen LogP contribution < -0.4 is 5.73 Å². The molecule has 0 aliphatic rings. The van der Waals surface area contributed by atoms with E-state index in [-0.39, 0.29) is 11.4 Å². The van der Waals surface area contributed by atoms with Gasteiger partial charge >= 0.3 is 0 Å². The number of aromatic nitrogens is 4. The molecule has 0 unspecified atom stereocenters. The normalized spacial score (nSPS) is 10.8. The Kier molecular flexibility index (Phi) is 3.60. The molecule has 0 aliphatic heterocycles. The summed E-state index contributed by atoms with van der Waals surface area (Å²) < 4.78 is 16.2. The van der Waals surface area contributed by atoms with Crippen molar-refractivity contribution in [1.29, 1.82) is 0 Å². The summed E-state index contributed by atoms with van der Waals surface area (Å²) in [7, 11) is 0. The lowest BCUT2D eigenvalue weighted by atomic mass is 10.1. The number of nitrogens with two attached hydrogens (primary N) is 1. The van der Waals surface area contributed by atoms with E-state index in [4.69, 9.17) is 17.3 Å². The molecule has 5 nitrogen and oxygen atoms in total. The molecule has 3 aromatic rings. The van der Waals surface area contributed by atoms with Crippen LogP contribution in [0.5, 0.6) is 0 Å². The summed E-state index contributed by atoms with van der Waals surface area (Å²) in [6.07, 6.45) is 0. The van der Waals surface area contributed by atoms with Crippen molar-refractivity contribution in [2.45, 2.75) is 0 Å². The number of nitrogens with zero attached hydrogens (tertiary/aromatic N) is 4. The molecule has 0 fully saturated rings. The SMILES string of the molecule is Nc1ccc(F)c(-c2nnnn2-c2cc(Br)ccc2Cl)c1. The summed E-state index contributed by atoms with van der Waals surface area (Å²) in [4.78, 5) is 0. The molecule has 21 heavy (non-hydrogen) atoms. The number of rotatable bonds is 2. The van der Waals surface area contributed by atoms with Crippen LogP contribution in [0.3, 0.4) is 0 Å². The van der Waals surface area contributed by atoms with Crippen LogP contribution in [0.2, 0.25) is 5.02 Å². The van der Waals surface area contributed by atoms with Crippen LogP contribution in [-0.4, -0.2) is 20.2 Å². The average Bonchev–Trinajstić information content (AvgIpc) is 2.93. The molecule has 3 rings (SSSR count). The highest BCUT2D eigenvalue weighted by atomic mass is 79.9. The van der Waals surface area contributed by atoms with Crippen LogP contribution in [0.1, 0.15) is 0 Å². The van der Waals surface area contributed by atoms with E-state index in [1.165, 1.54) is 22.9 Å². The highest BCUT2D eigenvalue weighted by Crippen LogP contribution is 2.29. The quantitative estimate of drug-likeness (QED) is 0.703. The third-order valence-corrected chi connectivity index (χ3v) is 3.65. The maximum absolute atomic E-state index is 14.0. The Balaban J connectivity index is 2.22. The minimum absolute atomic E-state index is 0.205. The highest BCUT2D eigenvalue weighted by Gasteiger charge is 2.17. The van der Waals surface area contributed by atoms with E-state index in [0.29, 0.717) is 16.4 Å². The lowest BCUT2D eigenvalue weighted by molar-refractivity contribution is 0.629. The van der Waals surface area contributed by atoms with Crippen molar-refractivity contribution in [3.8, 4) is 17.1 Å². The van der Waals surface area contributed by atoms with E-state index in [9.17, 15) is 4.39 Å². The van der Waals surface area contributed by atoms with Crippen molar-refractivity contribution < 1.29 is 4.39 Å². The minimum atomic E-state index is -0.466. The van der Waals surface area contributed by atoms with Crippen LogP contribution >= 0.6 is 27.5 Å². The van der Waals surface area contributed by atoms with Gasteiger partial charge in [0.05, 0.1) is 16.3 Å². The van der Waals surface area contributed by atoms with E-state index in [0.717, 1.165) is 4.47 Å². The highest BCUT2D eigenvalue weighted by molar-refractivity contribution is 9.10. The average molecular weight is 369 g/mol. The van der Waals surface area contributed by atoms with Crippen molar-refractivity contribution in [2.24, 2.45) is 0 Å². The van der Waals surface area contributed by atoms with Gasteiger partial charge in [-0.3, -0.25) is 0 Å². The molecule has 1 aromatic heterocycles. The molecule has 2 aromatic carbocycles. The molecule has 0 radical (unpaired) electrons. The van der Waals surface area contributed by atoms with Gasteiger partial charge < -0.3 is 5.73 Å². The van der Waals surface area contributed by atoms with Gasteiger partial charge in [0, 0.05) is 10.2 Å². The van der Waals surface area contributed by atoms with E-state index >= 15 is 0 Å². The van der Waals surface area contributed by atoms with Crippen LogP contribution in [0.4, 0.5) is 10.1 Å². The fraction of sp³-hybridized carbons (Fsp3) is 0. The predicted octanol–water partition coefficient (Wildman–Crippen LogP) is 3.47. The number of tetrazole rings is 1. The first kappa shape index (κ1) is 14.0. The van der Waals surface area contributed by atoms with E-state index in [1.807, 2.05) is 0 Å². The summed E-state index contributed by atoms with van der Waals surface area (Å²) in [5.41, 5.74) is 6.86. The fourth-order valence-electron chi connectivity index (χ4n) is 1.88. The smallest absolute Gasteiger partial charge is 0.190 e. The molecule has 8 heteroatoms. The number of benzene rings is 2. The Morgan fingerprint density at radius 2 is 2.00 bits per heavy atom. The van der Waals surface area contributed by atoms with Crippen molar-refractivity contribution in [2.75, 3.05) is 5.73 Å². The van der Waals surface area contributed by atoms with Crippen molar-refractivity contribution >= 4 is 33.2 Å². The van der Waals surface area contributed by atoms with Gasteiger partial charge in [-0.2, -0.15) is 4.68 Å². The molecule has 0 atom stereocenters. The Labute approximate surface area is 132 Å². The Morgan fingerprint density at radius 3 is 2.81 bits per heavy atom. The first-order valence-corrected chi connectivity index (χ1v) is 7.02. The first-order chi connectivity index (χ1) is 10.1. The molecule has 0 aliphatic carbocycles. The van der Waals surface area contributed by atoms with Gasteiger partial charge in [-0.15, -0.1) is 5.10 Å². The molecule has 0 saturated carbocycles. The number of anilines is 1. The number of hydrogen-bond acceptors (Lipinski definition) is 4. The van der Waals surface area contributed by atoms with Gasteiger partial charge in [0.2, 0.25) is 0 Å². The van der Waals surface area contributed by atoms with Crippen LogP contribution in [0.25, 0.3) is 17.1 Å². The fourth-order valence-corrected chi connectivity index (χ4v) is 2.43. The van der Waals surface area contributed by atoms with E-state index in [1.54, 1.807) is 18.2 Å². The Hall–Kier alpha value is -1.99. The van der Waals surface area contributed by atoms with Gasteiger partial charge in [0.25, 0.3) is 0 Å². The summed E-state index contributed by atoms with van der Waals surface area (Å²) in [6.45, 7) is 0. The molecular weight excluding hydrogens is 361 g/mol. The Bertz CT molecular complexity index is 754. The van der Waals surface area contributed by atoms with E-state index in [2.05, 4.69) is 31.5 Å². The van der Waals surface area contributed by atoms with Gasteiger partial charge in [-0.1, -0.05) is 27.5 Å². The topological polar surface area (TPSA) is 69.6 Å². The monoisotopic (exact) mass is 367 g/mol. The molecule has 0 amide bonds. The zero-order chi connectivity index (χ0) is 15.0. The standard InChI is InChI=1S/C13H8BrClFN5/c14-7-1-3-10(15)12(5-7)21-13(18-19-20-21)9-6-8(17)2-4-11(9)16/h1-6H,17H2. The number of nitrogen functional groups attached to an aromatic ring is 1. The second kappa shape index (κ2) is 5.42. The van der Waals surface area contributed by atoms with Crippen molar-refractivity contribution in [3.05, 3.63) is 51.7 Å². The van der Waals surface area contributed by atoms with Crippen LogP contribution in [0.15, 0.2) is 40.9 Å². The Morgan fingerprint density at radius 1 is 1.19 bits per heavy atom. The van der Waals surface area contributed by atoms with Gasteiger partial charge in [-0.25, -0.2) is 4.39 Å². The van der Waals surface area contributed by atoms with Gasteiger partial charge in [0.1, 0.15) is 5.82 Å². The molecule has 0 saturated heterocycles. The second-order valence-electron chi connectivity index (χ2n) is 4.25. The maximum atomic E-state index is 14.0.